The van der Waals surface area contributed by atoms with Crippen molar-refractivity contribution in [2.75, 3.05) is 6.61 Å². The van der Waals surface area contributed by atoms with Crippen molar-refractivity contribution in [3.05, 3.63) is 65.5 Å². The highest BCUT2D eigenvalue weighted by atomic mass is 19.1. The number of hydrogen-bond donors (Lipinski definition) is 0. The molecule has 0 amide bonds. The fourth-order valence-corrected chi connectivity index (χ4v) is 2.63. The molecule has 1 aliphatic heterocycles. The molecule has 1 aliphatic rings. The standard InChI is InChI=1S/C17H15FO2/c18-15-7-3-1-5-12(15)11-16(19)13-9-10-20-17-8-4-2-6-14(13)17/h1-8,13H,9-11H2. The number of carbonyl (C=O) groups excluding carboxylic acids is 1. The van der Waals surface area contributed by atoms with Crippen LogP contribution in [0.2, 0.25) is 0 Å². The predicted octanol–water partition coefficient (Wildman–Crippen LogP) is 3.50. The summed E-state index contributed by atoms with van der Waals surface area (Å²) >= 11 is 0. The normalized spacial score (nSPS) is 17.1. The Kier molecular flexibility index (Phi) is 3.50. The lowest BCUT2D eigenvalue weighted by Crippen LogP contribution is -2.22. The summed E-state index contributed by atoms with van der Waals surface area (Å²) in [6.45, 7) is 0.532. The summed E-state index contributed by atoms with van der Waals surface area (Å²) in [7, 11) is 0. The van der Waals surface area contributed by atoms with Gasteiger partial charge in [-0.15, -0.1) is 0 Å². The van der Waals surface area contributed by atoms with Crippen LogP contribution in [0.5, 0.6) is 5.75 Å². The molecule has 0 fully saturated rings. The molecule has 1 heterocycles. The second-order valence-corrected chi connectivity index (χ2v) is 4.96. The van der Waals surface area contributed by atoms with E-state index in [1.54, 1.807) is 18.2 Å². The fraction of sp³-hybridized carbons (Fsp3) is 0.235. The number of benzene rings is 2. The Hall–Kier alpha value is -2.16. The van der Waals surface area contributed by atoms with Crippen LogP contribution in [0.1, 0.15) is 23.5 Å². The predicted molar refractivity (Wildman–Crippen MR) is 74.4 cm³/mol. The van der Waals surface area contributed by atoms with Crippen LogP contribution in [-0.4, -0.2) is 12.4 Å². The van der Waals surface area contributed by atoms with Crippen LogP contribution < -0.4 is 4.74 Å². The summed E-state index contributed by atoms with van der Waals surface area (Å²) in [5.41, 5.74) is 1.38. The maximum Gasteiger partial charge on any atom is 0.145 e. The van der Waals surface area contributed by atoms with Crippen LogP contribution in [0.4, 0.5) is 4.39 Å². The van der Waals surface area contributed by atoms with Gasteiger partial charge in [-0.2, -0.15) is 0 Å². The molecule has 0 radical (unpaired) electrons. The van der Waals surface area contributed by atoms with Gasteiger partial charge < -0.3 is 4.74 Å². The Morgan fingerprint density at radius 1 is 1.15 bits per heavy atom. The largest absolute Gasteiger partial charge is 0.493 e. The van der Waals surface area contributed by atoms with Gasteiger partial charge in [0, 0.05) is 17.9 Å². The number of hydrogen-bond acceptors (Lipinski definition) is 2. The molecule has 2 aromatic carbocycles. The number of fused-ring (bicyclic) bond motifs is 1. The van der Waals surface area contributed by atoms with Gasteiger partial charge in [-0.25, -0.2) is 4.39 Å². The third-order valence-corrected chi connectivity index (χ3v) is 3.67. The van der Waals surface area contributed by atoms with Gasteiger partial charge in [-0.3, -0.25) is 4.79 Å². The Morgan fingerprint density at radius 2 is 1.90 bits per heavy atom. The maximum absolute atomic E-state index is 13.6. The van der Waals surface area contributed by atoms with E-state index in [1.807, 2.05) is 24.3 Å². The van der Waals surface area contributed by atoms with E-state index < -0.39 is 0 Å². The summed E-state index contributed by atoms with van der Waals surface area (Å²) in [6.07, 6.45) is 0.788. The number of halogens is 1. The van der Waals surface area contributed by atoms with E-state index in [0.717, 1.165) is 11.3 Å². The van der Waals surface area contributed by atoms with E-state index in [2.05, 4.69) is 0 Å². The van der Waals surface area contributed by atoms with Crippen molar-refractivity contribution in [3.63, 3.8) is 0 Å². The first kappa shape index (κ1) is 12.9. The van der Waals surface area contributed by atoms with Crippen molar-refractivity contribution in [3.8, 4) is 5.75 Å². The molecule has 0 N–H and O–H groups in total. The molecule has 3 rings (SSSR count). The van der Waals surface area contributed by atoms with Crippen molar-refractivity contribution in [1.82, 2.24) is 0 Å². The molecule has 1 atom stereocenters. The minimum absolute atomic E-state index is 0.0471. The average Bonchev–Trinajstić information content (AvgIpc) is 2.49. The van der Waals surface area contributed by atoms with Crippen molar-refractivity contribution in [2.24, 2.45) is 0 Å². The van der Waals surface area contributed by atoms with E-state index in [-0.39, 0.29) is 23.9 Å². The lowest BCUT2D eigenvalue weighted by molar-refractivity contribution is -0.120. The van der Waals surface area contributed by atoms with Crippen LogP contribution in [0.15, 0.2) is 48.5 Å². The minimum atomic E-state index is -0.318. The van der Waals surface area contributed by atoms with Gasteiger partial charge in [-0.1, -0.05) is 36.4 Å². The summed E-state index contributed by atoms with van der Waals surface area (Å²) < 4.78 is 19.2. The zero-order valence-corrected chi connectivity index (χ0v) is 11.0. The van der Waals surface area contributed by atoms with Crippen LogP contribution in [-0.2, 0) is 11.2 Å². The third-order valence-electron chi connectivity index (χ3n) is 3.67. The highest BCUT2D eigenvalue weighted by molar-refractivity contribution is 5.88. The number of rotatable bonds is 3. The molecule has 2 aromatic rings. The van der Waals surface area contributed by atoms with E-state index in [9.17, 15) is 9.18 Å². The molecule has 3 heteroatoms. The molecule has 0 bridgehead atoms. The highest BCUT2D eigenvalue weighted by Crippen LogP contribution is 2.34. The Balaban J connectivity index is 1.84. The second kappa shape index (κ2) is 5.45. The van der Waals surface area contributed by atoms with Gasteiger partial charge in [0.15, 0.2) is 0 Å². The lowest BCUT2D eigenvalue weighted by Gasteiger charge is -2.24. The molecule has 2 nitrogen and oxygen atoms in total. The second-order valence-electron chi connectivity index (χ2n) is 4.96. The van der Waals surface area contributed by atoms with Crippen LogP contribution in [0.3, 0.4) is 0 Å². The third kappa shape index (κ3) is 2.44. The smallest absolute Gasteiger partial charge is 0.145 e. The summed E-state index contributed by atoms with van der Waals surface area (Å²) in [5, 5.41) is 0. The molecule has 102 valence electrons. The number of ether oxygens (including phenoxy) is 1. The van der Waals surface area contributed by atoms with Crippen LogP contribution in [0.25, 0.3) is 0 Å². The maximum atomic E-state index is 13.6. The average molecular weight is 270 g/mol. The minimum Gasteiger partial charge on any atom is -0.493 e. The van der Waals surface area contributed by atoms with Gasteiger partial charge in [0.05, 0.1) is 6.61 Å². The van der Waals surface area contributed by atoms with Crippen LogP contribution in [0, 0.1) is 5.82 Å². The van der Waals surface area contributed by atoms with Crippen molar-refractivity contribution >= 4 is 5.78 Å². The van der Waals surface area contributed by atoms with Gasteiger partial charge in [-0.05, 0) is 24.1 Å². The highest BCUT2D eigenvalue weighted by Gasteiger charge is 2.27. The molecule has 1 unspecified atom stereocenters. The SMILES string of the molecule is O=C(Cc1ccccc1F)C1CCOc2ccccc21. The van der Waals surface area contributed by atoms with Crippen molar-refractivity contribution in [2.45, 2.75) is 18.8 Å². The van der Waals surface area contributed by atoms with Gasteiger partial charge in [0.25, 0.3) is 0 Å². The molecular weight excluding hydrogens is 255 g/mol. The molecular formula is C17H15FO2. The number of Topliss-reactive ketones (excluding diaryl/α,β-unsaturated/α-hetero) is 1. The zero-order valence-electron chi connectivity index (χ0n) is 11.0. The van der Waals surface area contributed by atoms with Gasteiger partial charge in [0.2, 0.25) is 0 Å². The quantitative estimate of drug-likeness (QED) is 0.853. The lowest BCUT2D eigenvalue weighted by atomic mass is 9.87. The molecule has 0 spiro atoms. The fourth-order valence-electron chi connectivity index (χ4n) is 2.63. The Labute approximate surface area is 117 Å². The molecule has 20 heavy (non-hydrogen) atoms. The molecule has 0 saturated carbocycles. The molecule has 0 saturated heterocycles. The topological polar surface area (TPSA) is 26.3 Å². The van der Waals surface area contributed by atoms with Gasteiger partial charge >= 0.3 is 0 Å². The van der Waals surface area contributed by atoms with Crippen LogP contribution >= 0.6 is 0 Å². The number of ketones is 1. The summed E-state index contributed by atoms with van der Waals surface area (Å²) in [6, 6.07) is 14.0. The van der Waals surface area contributed by atoms with Crippen molar-refractivity contribution < 1.29 is 13.9 Å². The van der Waals surface area contributed by atoms with E-state index >= 15 is 0 Å². The number of para-hydroxylation sites is 1. The Bertz CT molecular complexity index is 636. The zero-order chi connectivity index (χ0) is 13.9. The Morgan fingerprint density at radius 3 is 2.75 bits per heavy atom. The first-order valence-corrected chi connectivity index (χ1v) is 6.73. The summed E-state index contributed by atoms with van der Waals surface area (Å²) in [5.74, 6) is 0.303. The van der Waals surface area contributed by atoms with Crippen molar-refractivity contribution in [1.29, 1.82) is 0 Å². The molecule has 0 aromatic heterocycles. The molecule has 0 aliphatic carbocycles. The monoisotopic (exact) mass is 270 g/mol. The summed E-state index contributed by atoms with van der Waals surface area (Å²) in [4.78, 5) is 12.5. The first-order valence-electron chi connectivity index (χ1n) is 6.73. The number of carbonyl (C=O) groups is 1. The first-order chi connectivity index (χ1) is 9.75. The van der Waals surface area contributed by atoms with E-state index in [4.69, 9.17) is 4.74 Å². The van der Waals surface area contributed by atoms with E-state index in [1.165, 1.54) is 6.07 Å². The van der Waals surface area contributed by atoms with Gasteiger partial charge in [0.1, 0.15) is 17.3 Å². The van der Waals surface area contributed by atoms with E-state index in [0.29, 0.717) is 18.6 Å².